The van der Waals surface area contributed by atoms with E-state index in [0.717, 1.165) is 30.2 Å². The van der Waals surface area contributed by atoms with Crippen molar-refractivity contribution in [1.29, 1.82) is 0 Å². The lowest BCUT2D eigenvalue weighted by Gasteiger charge is -2.33. The van der Waals surface area contributed by atoms with Crippen molar-refractivity contribution in [2.75, 3.05) is 24.3 Å². The van der Waals surface area contributed by atoms with Gasteiger partial charge in [-0.2, -0.15) is 0 Å². The molecule has 1 amide bonds. The van der Waals surface area contributed by atoms with E-state index in [1.807, 2.05) is 12.1 Å². The van der Waals surface area contributed by atoms with Crippen LogP contribution in [0.5, 0.6) is 0 Å². The lowest BCUT2D eigenvalue weighted by molar-refractivity contribution is 0.235. The van der Waals surface area contributed by atoms with Crippen LogP contribution < -0.4 is 10.6 Å². The number of nitrogens with two attached hydrogens (primary N) is 1. The van der Waals surface area contributed by atoms with Gasteiger partial charge in [-0.15, -0.1) is 0 Å². The Balaban J connectivity index is 2.04. The number of aliphatic imine (C=N–C) groups is 1. The maximum absolute atomic E-state index is 12.3. The summed E-state index contributed by atoms with van der Waals surface area (Å²) in [6, 6.07) is 5.84. The van der Waals surface area contributed by atoms with Crippen LogP contribution in [0.25, 0.3) is 0 Å². The summed E-state index contributed by atoms with van der Waals surface area (Å²) in [6.45, 7) is 2.45. The first kappa shape index (κ1) is 16.8. The number of amidine groups is 1. The van der Waals surface area contributed by atoms with E-state index in [0.29, 0.717) is 18.7 Å². The highest BCUT2D eigenvalue weighted by atomic mass is 32.2. The molecular formula is C16H21N3O4S. The number of hydrogen-bond acceptors (Lipinski definition) is 6. The number of aryl methyl sites for hydroxylation is 1. The molecule has 2 N–H and O–H groups in total. The lowest BCUT2D eigenvalue weighted by Crippen LogP contribution is -2.39. The third-order valence-electron chi connectivity index (χ3n) is 4.59. The largest absolute Gasteiger partial charge is 0.463 e. The fourth-order valence-corrected chi connectivity index (χ4v) is 4.05. The van der Waals surface area contributed by atoms with Crippen LogP contribution >= 0.6 is 0 Å². The number of ether oxygens (including phenoxy) is 1. The van der Waals surface area contributed by atoms with Crippen LogP contribution in [0.1, 0.15) is 24.5 Å². The fraction of sp³-hybridized carbons (Fsp3) is 0.500. The quantitative estimate of drug-likeness (QED) is 0.864. The summed E-state index contributed by atoms with van der Waals surface area (Å²) in [5, 5.41) is -0.885. The van der Waals surface area contributed by atoms with Gasteiger partial charge < -0.3 is 10.5 Å². The average molecular weight is 351 g/mol. The number of carbonyl (C=O) groups excluding carboxylic acids is 1. The summed E-state index contributed by atoms with van der Waals surface area (Å²) in [5.41, 5.74) is 7.95. The van der Waals surface area contributed by atoms with Crippen molar-refractivity contribution in [2.24, 2.45) is 10.7 Å². The summed E-state index contributed by atoms with van der Waals surface area (Å²) in [7, 11) is -3.81. The molecule has 0 saturated heterocycles. The van der Waals surface area contributed by atoms with Crippen molar-refractivity contribution < 1.29 is 17.9 Å². The number of hydrogen-bond donors (Lipinski definition) is 1. The van der Waals surface area contributed by atoms with Gasteiger partial charge in [-0.3, -0.25) is 9.69 Å². The van der Waals surface area contributed by atoms with Gasteiger partial charge in [-0.25, -0.2) is 13.4 Å². The van der Waals surface area contributed by atoms with Crippen LogP contribution in [-0.4, -0.2) is 44.6 Å². The standard InChI is InChI=1S/C16H21N3O4S/c1-3-19(15(20)24(2,21)22)13-6-4-5-11-7-8-16(9-12(11)13)10-23-14(17)18-16/h4-6H,3,7-10H2,1-2H3,(H2,17,18). The molecule has 1 heterocycles. The normalized spacial score (nSPS) is 22.7. The number of amides is 1. The van der Waals surface area contributed by atoms with Crippen LogP contribution in [0.15, 0.2) is 23.2 Å². The molecule has 1 aromatic rings. The molecule has 1 aliphatic heterocycles. The molecule has 7 nitrogen and oxygen atoms in total. The second-order valence-corrected chi connectivity index (χ2v) is 8.23. The lowest BCUT2D eigenvalue weighted by atomic mass is 9.78. The monoisotopic (exact) mass is 351 g/mol. The number of fused-ring (bicyclic) bond motifs is 1. The van der Waals surface area contributed by atoms with E-state index < -0.39 is 20.6 Å². The Morgan fingerprint density at radius 1 is 1.46 bits per heavy atom. The van der Waals surface area contributed by atoms with Crippen LogP contribution in [-0.2, 0) is 27.4 Å². The van der Waals surface area contributed by atoms with E-state index in [2.05, 4.69) is 4.99 Å². The molecule has 0 saturated carbocycles. The number of nitrogens with zero attached hydrogens (tertiary/aromatic N) is 2. The van der Waals surface area contributed by atoms with Crippen molar-refractivity contribution in [3.63, 3.8) is 0 Å². The molecule has 24 heavy (non-hydrogen) atoms. The van der Waals surface area contributed by atoms with Crippen LogP contribution in [0.3, 0.4) is 0 Å². The van der Waals surface area contributed by atoms with Gasteiger partial charge in [-0.1, -0.05) is 12.1 Å². The van der Waals surface area contributed by atoms with E-state index in [-0.39, 0.29) is 12.6 Å². The molecule has 0 fully saturated rings. The summed E-state index contributed by atoms with van der Waals surface area (Å²) >= 11 is 0. The van der Waals surface area contributed by atoms with E-state index in [9.17, 15) is 13.2 Å². The second-order valence-electron chi connectivity index (χ2n) is 6.34. The minimum atomic E-state index is -3.81. The van der Waals surface area contributed by atoms with Gasteiger partial charge in [0.1, 0.15) is 12.1 Å². The van der Waals surface area contributed by atoms with Gasteiger partial charge in [0.15, 0.2) is 0 Å². The van der Waals surface area contributed by atoms with E-state index in [1.54, 1.807) is 13.0 Å². The highest BCUT2D eigenvalue weighted by Gasteiger charge is 2.41. The van der Waals surface area contributed by atoms with Gasteiger partial charge in [-0.05, 0) is 37.0 Å². The number of anilines is 1. The van der Waals surface area contributed by atoms with Crippen LogP contribution in [0.2, 0.25) is 0 Å². The maximum atomic E-state index is 12.3. The zero-order valence-corrected chi connectivity index (χ0v) is 14.6. The summed E-state index contributed by atoms with van der Waals surface area (Å²) in [6.07, 6.45) is 3.11. The van der Waals surface area contributed by atoms with Gasteiger partial charge >= 0.3 is 5.24 Å². The van der Waals surface area contributed by atoms with Crippen molar-refractivity contribution in [1.82, 2.24) is 0 Å². The molecule has 3 rings (SSSR count). The highest BCUT2D eigenvalue weighted by Crippen LogP contribution is 2.39. The predicted molar refractivity (Wildman–Crippen MR) is 92.0 cm³/mol. The first-order valence-corrected chi connectivity index (χ1v) is 9.75. The Labute approximate surface area is 141 Å². The molecule has 1 aromatic carbocycles. The van der Waals surface area contributed by atoms with Gasteiger partial charge in [0, 0.05) is 24.9 Å². The van der Waals surface area contributed by atoms with Crippen molar-refractivity contribution in [2.45, 2.75) is 31.7 Å². The third-order valence-corrected chi connectivity index (χ3v) is 5.45. The minimum absolute atomic E-state index is 0.190. The van der Waals surface area contributed by atoms with E-state index in [1.165, 1.54) is 4.90 Å². The molecule has 1 aliphatic carbocycles. The Morgan fingerprint density at radius 2 is 2.21 bits per heavy atom. The summed E-state index contributed by atoms with van der Waals surface area (Å²) in [4.78, 5) is 18.1. The molecule has 1 atom stereocenters. The molecule has 2 aliphatic rings. The Kier molecular flexibility index (Phi) is 4.03. The molecule has 0 bridgehead atoms. The number of sulfone groups is 1. The minimum Gasteiger partial charge on any atom is -0.463 e. The molecular weight excluding hydrogens is 330 g/mol. The van der Waals surface area contributed by atoms with Crippen LogP contribution in [0, 0.1) is 0 Å². The molecule has 1 unspecified atom stereocenters. The Bertz CT molecular complexity index is 819. The SMILES string of the molecule is CCN(C(=O)S(C)(=O)=O)c1cccc2c1CC1(CC2)COC(N)=N1. The van der Waals surface area contributed by atoms with E-state index >= 15 is 0 Å². The maximum Gasteiger partial charge on any atom is 0.343 e. The van der Waals surface area contributed by atoms with Crippen molar-refractivity contribution in [3.8, 4) is 0 Å². The first-order valence-electron chi connectivity index (χ1n) is 7.86. The third kappa shape index (κ3) is 2.86. The average Bonchev–Trinajstić information content (AvgIpc) is 2.88. The topological polar surface area (TPSA) is 102 Å². The van der Waals surface area contributed by atoms with Gasteiger partial charge in [0.05, 0.1) is 0 Å². The molecule has 0 aromatic heterocycles. The number of carbonyl (C=O) groups is 1. The second kappa shape index (κ2) is 5.77. The smallest absolute Gasteiger partial charge is 0.343 e. The summed E-state index contributed by atoms with van der Waals surface area (Å²) in [5.74, 6) is 0. The Morgan fingerprint density at radius 3 is 2.79 bits per heavy atom. The molecule has 130 valence electrons. The van der Waals surface area contributed by atoms with E-state index in [4.69, 9.17) is 10.5 Å². The zero-order valence-electron chi connectivity index (χ0n) is 13.8. The first-order chi connectivity index (χ1) is 11.3. The molecule has 1 spiro atoms. The highest BCUT2D eigenvalue weighted by molar-refractivity contribution is 8.05. The van der Waals surface area contributed by atoms with Gasteiger partial charge in [0.25, 0.3) is 6.02 Å². The number of benzene rings is 1. The van der Waals surface area contributed by atoms with Crippen molar-refractivity contribution >= 4 is 26.8 Å². The number of rotatable bonds is 2. The molecule has 8 heteroatoms. The molecule has 0 radical (unpaired) electrons. The zero-order chi connectivity index (χ0) is 17.5. The fourth-order valence-electron chi connectivity index (χ4n) is 3.42. The van der Waals surface area contributed by atoms with Gasteiger partial charge in [0.2, 0.25) is 9.84 Å². The summed E-state index contributed by atoms with van der Waals surface area (Å²) < 4.78 is 28.8. The van der Waals surface area contributed by atoms with Crippen LogP contribution in [0.4, 0.5) is 10.5 Å². The van der Waals surface area contributed by atoms with Crippen molar-refractivity contribution in [3.05, 3.63) is 29.3 Å². The predicted octanol–water partition coefficient (Wildman–Crippen LogP) is 1.25. The Hall–Kier alpha value is -2.09.